The van der Waals surface area contributed by atoms with Gasteiger partial charge >= 0.3 is 0 Å². The summed E-state index contributed by atoms with van der Waals surface area (Å²) < 4.78 is 3.30. The van der Waals surface area contributed by atoms with Crippen molar-refractivity contribution >= 4 is 51.2 Å². The van der Waals surface area contributed by atoms with Gasteiger partial charge in [-0.3, -0.25) is 0 Å². The average molecular weight is 505 g/mol. The summed E-state index contributed by atoms with van der Waals surface area (Å²) in [6, 6.07) is 9.23. The van der Waals surface area contributed by atoms with Crippen LogP contribution in [0.3, 0.4) is 0 Å². The molecule has 1 atom stereocenters. The second kappa shape index (κ2) is 8.83. The van der Waals surface area contributed by atoms with E-state index < -0.39 is 0 Å². The predicted octanol–water partition coefficient (Wildman–Crippen LogP) is 4.83. The Labute approximate surface area is 185 Å². The SMILES string of the molecule is CCC(C)n1cnc2c(Nc3cccc(I)c3)nc(NC3CCC(N)CC3)nc21. The van der Waals surface area contributed by atoms with E-state index in [1.165, 1.54) is 3.57 Å². The molecule has 0 aliphatic heterocycles. The number of nitrogens with one attached hydrogen (secondary N) is 2. The number of rotatable bonds is 6. The van der Waals surface area contributed by atoms with Crippen molar-refractivity contribution in [2.75, 3.05) is 10.6 Å². The van der Waals surface area contributed by atoms with Gasteiger partial charge in [-0.15, -0.1) is 0 Å². The molecule has 154 valence electrons. The minimum absolute atomic E-state index is 0.320. The molecule has 1 saturated carbocycles. The third kappa shape index (κ3) is 4.63. The molecule has 0 amide bonds. The van der Waals surface area contributed by atoms with Crippen LogP contribution in [0.5, 0.6) is 0 Å². The zero-order valence-corrected chi connectivity index (χ0v) is 19.1. The maximum Gasteiger partial charge on any atom is 0.227 e. The second-order valence-electron chi connectivity index (χ2n) is 7.87. The molecule has 0 radical (unpaired) electrons. The fraction of sp³-hybridized carbons (Fsp3) is 0.476. The molecular formula is C21H28IN7. The molecule has 2 aromatic heterocycles. The summed E-state index contributed by atoms with van der Waals surface area (Å²) in [7, 11) is 0. The van der Waals surface area contributed by atoms with Crippen molar-refractivity contribution in [3.63, 3.8) is 0 Å². The largest absolute Gasteiger partial charge is 0.351 e. The van der Waals surface area contributed by atoms with Crippen LogP contribution in [0, 0.1) is 3.57 Å². The molecule has 0 bridgehead atoms. The van der Waals surface area contributed by atoms with E-state index in [0.717, 1.165) is 54.8 Å². The number of imidazole rings is 1. The van der Waals surface area contributed by atoms with Crippen molar-refractivity contribution in [1.29, 1.82) is 0 Å². The van der Waals surface area contributed by atoms with Crippen LogP contribution in [0.2, 0.25) is 0 Å². The van der Waals surface area contributed by atoms with Gasteiger partial charge in [-0.25, -0.2) is 4.98 Å². The number of benzene rings is 1. The molecule has 1 aromatic carbocycles. The maximum atomic E-state index is 6.06. The fourth-order valence-electron chi connectivity index (χ4n) is 3.74. The molecule has 8 heteroatoms. The molecule has 1 fully saturated rings. The molecule has 4 N–H and O–H groups in total. The second-order valence-corrected chi connectivity index (χ2v) is 9.11. The van der Waals surface area contributed by atoms with E-state index in [9.17, 15) is 0 Å². The molecular weight excluding hydrogens is 477 g/mol. The Morgan fingerprint density at radius 3 is 2.76 bits per heavy atom. The van der Waals surface area contributed by atoms with E-state index in [1.807, 2.05) is 18.5 Å². The van der Waals surface area contributed by atoms with Gasteiger partial charge in [-0.1, -0.05) is 13.0 Å². The summed E-state index contributed by atoms with van der Waals surface area (Å²) in [5, 5.41) is 7.00. The van der Waals surface area contributed by atoms with Gasteiger partial charge in [0.1, 0.15) is 0 Å². The minimum Gasteiger partial charge on any atom is -0.351 e. The number of hydrogen-bond donors (Lipinski definition) is 3. The van der Waals surface area contributed by atoms with E-state index in [0.29, 0.717) is 24.1 Å². The van der Waals surface area contributed by atoms with Crippen molar-refractivity contribution in [2.45, 2.75) is 64.1 Å². The minimum atomic E-state index is 0.320. The molecule has 2 heterocycles. The van der Waals surface area contributed by atoms with Gasteiger partial charge in [0.05, 0.1) is 6.33 Å². The van der Waals surface area contributed by atoms with Gasteiger partial charge in [0, 0.05) is 27.4 Å². The van der Waals surface area contributed by atoms with Crippen molar-refractivity contribution in [3.8, 4) is 0 Å². The smallest absolute Gasteiger partial charge is 0.227 e. The zero-order valence-electron chi connectivity index (χ0n) is 16.9. The maximum absolute atomic E-state index is 6.06. The lowest BCUT2D eigenvalue weighted by Gasteiger charge is -2.27. The van der Waals surface area contributed by atoms with Crippen LogP contribution in [0.15, 0.2) is 30.6 Å². The third-order valence-corrected chi connectivity index (χ3v) is 6.35. The van der Waals surface area contributed by atoms with Gasteiger partial charge in [0.25, 0.3) is 0 Å². The van der Waals surface area contributed by atoms with E-state index in [2.05, 4.69) is 68.8 Å². The highest BCUT2D eigenvalue weighted by atomic mass is 127. The first-order chi connectivity index (χ1) is 14.0. The Hall–Kier alpha value is -1.94. The molecule has 1 aliphatic rings. The van der Waals surface area contributed by atoms with Crippen molar-refractivity contribution in [3.05, 3.63) is 34.2 Å². The molecule has 0 saturated heterocycles. The Morgan fingerprint density at radius 2 is 2.03 bits per heavy atom. The molecule has 1 aliphatic carbocycles. The number of hydrogen-bond acceptors (Lipinski definition) is 6. The number of aromatic nitrogens is 4. The fourth-order valence-corrected chi connectivity index (χ4v) is 4.28. The van der Waals surface area contributed by atoms with Crippen molar-refractivity contribution < 1.29 is 0 Å². The highest BCUT2D eigenvalue weighted by molar-refractivity contribution is 14.1. The lowest BCUT2D eigenvalue weighted by molar-refractivity contribution is 0.410. The molecule has 3 aromatic rings. The molecule has 4 rings (SSSR count). The zero-order chi connectivity index (χ0) is 20.4. The number of halogens is 1. The number of nitrogens with zero attached hydrogens (tertiary/aromatic N) is 4. The van der Waals surface area contributed by atoms with Crippen LogP contribution in [-0.2, 0) is 0 Å². The van der Waals surface area contributed by atoms with Gasteiger partial charge in [0.2, 0.25) is 5.95 Å². The standard InChI is InChI=1S/C21H28IN7/c1-3-13(2)29-12-24-18-19(25-17-6-4-5-14(22)11-17)27-21(28-20(18)29)26-16-9-7-15(23)8-10-16/h4-6,11-13,15-16H,3,7-10,23H2,1-2H3,(H2,25,26,27,28). The first-order valence-electron chi connectivity index (χ1n) is 10.3. The van der Waals surface area contributed by atoms with Gasteiger partial charge < -0.3 is 20.9 Å². The summed E-state index contributed by atoms with van der Waals surface area (Å²) in [5.41, 5.74) is 8.70. The normalized spacial score (nSPS) is 20.6. The van der Waals surface area contributed by atoms with Crippen LogP contribution in [0.1, 0.15) is 52.0 Å². The summed E-state index contributed by atoms with van der Waals surface area (Å²) in [4.78, 5) is 14.3. The highest BCUT2D eigenvalue weighted by Crippen LogP contribution is 2.28. The van der Waals surface area contributed by atoms with Crippen molar-refractivity contribution in [2.24, 2.45) is 5.73 Å². The first-order valence-corrected chi connectivity index (χ1v) is 11.4. The Balaban J connectivity index is 1.71. The summed E-state index contributed by atoms with van der Waals surface area (Å²) in [6.45, 7) is 4.36. The first kappa shape index (κ1) is 20.3. The number of anilines is 3. The average Bonchev–Trinajstić information content (AvgIpc) is 3.13. The van der Waals surface area contributed by atoms with Gasteiger partial charge in [0.15, 0.2) is 17.0 Å². The van der Waals surface area contributed by atoms with Crippen LogP contribution in [-0.4, -0.2) is 31.6 Å². The molecule has 7 nitrogen and oxygen atoms in total. The van der Waals surface area contributed by atoms with Gasteiger partial charge in [-0.2, -0.15) is 9.97 Å². The lowest BCUT2D eigenvalue weighted by Crippen LogP contribution is -2.33. The van der Waals surface area contributed by atoms with E-state index in [-0.39, 0.29) is 0 Å². The van der Waals surface area contributed by atoms with E-state index in [4.69, 9.17) is 15.7 Å². The molecule has 29 heavy (non-hydrogen) atoms. The monoisotopic (exact) mass is 505 g/mol. The van der Waals surface area contributed by atoms with Crippen LogP contribution in [0.25, 0.3) is 11.2 Å². The number of nitrogens with two attached hydrogens (primary N) is 1. The predicted molar refractivity (Wildman–Crippen MR) is 127 cm³/mol. The van der Waals surface area contributed by atoms with Crippen molar-refractivity contribution in [1.82, 2.24) is 19.5 Å². The Bertz CT molecular complexity index is 978. The third-order valence-electron chi connectivity index (χ3n) is 5.68. The summed E-state index contributed by atoms with van der Waals surface area (Å²) in [6.07, 6.45) is 7.06. The Morgan fingerprint density at radius 1 is 1.24 bits per heavy atom. The van der Waals surface area contributed by atoms with E-state index >= 15 is 0 Å². The van der Waals surface area contributed by atoms with Crippen LogP contribution < -0.4 is 16.4 Å². The Kier molecular flexibility index (Phi) is 6.19. The number of fused-ring (bicyclic) bond motifs is 1. The summed E-state index contributed by atoms with van der Waals surface area (Å²) >= 11 is 2.31. The van der Waals surface area contributed by atoms with Gasteiger partial charge in [-0.05, 0) is 79.8 Å². The quantitative estimate of drug-likeness (QED) is 0.416. The highest BCUT2D eigenvalue weighted by Gasteiger charge is 2.21. The summed E-state index contributed by atoms with van der Waals surface area (Å²) in [5.74, 6) is 1.38. The van der Waals surface area contributed by atoms with Crippen LogP contribution >= 0.6 is 22.6 Å². The van der Waals surface area contributed by atoms with Crippen LogP contribution in [0.4, 0.5) is 17.5 Å². The lowest BCUT2D eigenvalue weighted by atomic mass is 9.92. The topological polar surface area (TPSA) is 93.7 Å². The van der Waals surface area contributed by atoms with E-state index in [1.54, 1.807) is 0 Å². The molecule has 1 unspecified atom stereocenters. The molecule has 0 spiro atoms.